The highest BCUT2D eigenvalue weighted by Gasteiger charge is 2.35. The molecule has 15 heavy (non-hydrogen) atoms. The monoisotopic (exact) mass is 226 g/mol. The third-order valence-electron chi connectivity index (χ3n) is 2.59. The van der Waals surface area contributed by atoms with Crippen molar-refractivity contribution in [2.24, 2.45) is 0 Å². The van der Waals surface area contributed by atoms with E-state index < -0.39 is 7.60 Å². The van der Waals surface area contributed by atoms with E-state index in [2.05, 4.69) is 0 Å². The van der Waals surface area contributed by atoms with E-state index in [1.54, 1.807) is 0 Å². The van der Waals surface area contributed by atoms with Crippen LogP contribution in [0.2, 0.25) is 0 Å². The molecule has 2 rings (SSSR count). The molecule has 0 aliphatic carbocycles. The maximum atomic E-state index is 12.3. The van der Waals surface area contributed by atoms with Crippen molar-refractivity contribution in [1.82, 2.24) is 0 Å². The first-order valence-corrected chi connectivity index (χ1v) is 6.77. The van der Waals surface area contributed by atoms with Crippen LogP contribution < -0.4 is 0 Å². The van der Waals surface area contributed by atoms with Crippen LogP contribution in [0.25, 0.3) is 0 Å². The molecule has 1 heterocycles. The Morgan fingerprint density at radius 1 is 1.20 bits per heavy atom. The second kappa shape index (κ2) is 4.48. The third kappa shape index (κ3) is 2.31. The van der Waals surface area contributed by atoms with Gasteiger partial charge in [-0.05, 0) is 18.9 Å². The predicted octanol–water partition coefficient (Wildman–Crippen LogP) is 3.38. The summed E-state index contributed by atoms with van der Waals surface area (Å²) in [7, 11) is -2.93. The van der Waals surface area contributed by atoms with Crippen molar-refractivity contribution in [2.75, 3.05) is 13.2 Å². The molecule has 1 aromatic carbocycles. The van der Waals surface area contributed by atoms with Gasteiger partial charge in [-0.1, -0.05) is 30.3 Å². The zero-order valence-corrected chi connectivity index (χ0v) is 9.65. The van der Waals surface area contributed by atoms with Crippen LogP contribution in [0.3, 0.4) is 0 Å². The molecule has 0 spiro atoms. The Morgan fingerprint density at radius 3 is 2.40 bits per heavy atom. The Bertz CT molecular complexity index is 353. The molecular weight excluding hydrogens is 211 g/mol. The van der Waals surface area contributed by atoms with Gasteiger partial charge in [0.2, 0.25) is 0 Å². The first-order chi connectivity index (χ1) is 7.22. The molecule has 0 N–H and O–H groups in total. The summed E-state index contributed by atoms with van der Waals surface area (Å²) in [5, 5.41) is 0. The summed E-state index contributed by atoms with van der Waals surface area (Å²) in [5.74, 6) is 0. The van der Waals surface area contributed by atoms with E-state index in [-0.39, 0.29) is 5.66 Å². The van der Waals surface area contributed by atoms with Crippen LogP contribution in [0, 0.1) is 0 Å². The molecule has 1 atom stereocenters. The van der Waals surface area contributed by atoms with Crippen molar-refractivity contribution in [3.8, 4) is 0 Å². The van der Waals surface area contributed by atoms with Crippen LogP contribution in [0.1, 0.15) is 24.6 Å². The minimum atomic E-state index is -2.93. The Hall–Kier alpha value is -0.630. The Morgan fingerprint density at radius 2 is 1.80 bits per heavy atom. The molecule has 1 aliphatic rings. The maximum absolute atomic E-state index is 12.3. The lowest BCUT2D eigenvalue weighted by Gasteiger charge is -2.27. The molecular formula is C11H15O3P. The fraction of sp³-hybridized carbons (Fsp3) is 0.455. The second-order valence-corrected chi connectivity index (χ2v) is 6.02. The molecule has 1 unspecified atom stereocenters. The zero-order valence-electron chi connectivity index (χ0n) is 8.76. The fourth-order valence-electron chi connectivity index (χ4n) is 1.62. The summed E-state index contributed by atoms with van der Waals surface area (Å²) in [5.41, 5.74) is 0.821. The molecule has 1 saturated heterocycles. The molecule has 3 nitrogen and oxygen atoms in total. The summed E-state index contributed by atoms with van der Waals surface area (Å²) >= 11 is 0. The molecule has 0 radical (unpaired) electrons. The van der Waals surface area contributed by atoms with E-state index in [4.69, 9.17) is 9.05 Å². The van der Waals surface area contributed by atoms with Crippen molar-refractivity contribution in [2.45, 2.75) is 19.0 Å². The van der Waals surface area contributed by atoms with Crippen molar-refractivity contribution in [3.05, 3.63) is 35.9 Å². The summed E-state index contributed by atoms with van der Waals surface area (Å²) in [6.07, 6.45) is 0.825. The van der Waals surface area contributed by atoms with Gasteiger partial charge in [0.25, 0.3) is 0 Å². The standard InChI is InChI=1S/C11H15O3P/c1-10(11-6-3-2-4-7-11)15(12)13-8-5-9-14-15/h2-4,6-7,10H,5,8-9H2,1H3. The minimum Gasteiger partial charge on any atom is -0.308 e. The molecule has 0 aromatic heterocycles. The number of hydrogen-bond acceptors (Lipinski definition) is 3. The average molecular weight is 226 g/mol. The largest absolute Gasteiger partial charge is 0.337 e. The number of benzene rings is 1. The highest BCUT2D eigenvalue weighted by atomic mass is 31.2. The lowest BCUT2D eigenvalue weighted by atomic mass is 10.2. The molecule has 1 fully saturated rings. The van der Waals surface area contributed by atoms with Crippen molar-refractivity contribution < 1.29 is 13.6 Å². The van der Waals surface area contributed by atoms with Gasteiger partial charge in [-0.3, -0.25) is 4.57 Å². The van der Waals surface area contributed by atoms with Gasteiger partial charge in [-0.25, -0.2) is 0 Å². The van der Waals surface area contributed by atoms with Crippen LogP contribution in [-0.2, 0) is 13.6 Å². The predicted molar refractivity (Wildman–Crippen MR) is 59.0 cm³/mol. The lowest BCUT2D eigenvalue weighted by molar-refractivity contribution is 0.141. The minimum absolute atomic E-state index is 0.181. The summed E-state index contributed by atoms with van der Waals surface area (Å²) in [6, 6.07) is 9.70. The topological polar surface area (TPSA) is 35.5 Å². The number of rotatable bonds is 2. The number of hydrogen-bond donors (Lipinski definition) is 0. The van der Waals surface area contributed by atoms with Gasteiger partial charge in [0.1, 0.15) is 0 Å². The van der Waals surface area contributed by atoms with E-state index in [0.29, 0.717) is 13.2 Å². The van der Waals surface area contributed by atoms with Gasteiger partial charge in [0.15, 0.2) is 0 Å². The second-order valence-electron chi connectivity index (χ2n) is 3.65. The Balaban J connectivity index is 2.20. The van der Waals surface area contributed by atoms with Gasteiger partial charge in [-0.15, -0.1) is 0 Å². The summed E-state index contributed by atoms with van der Waals surface area (Å²) in [6.45, 7) is 2.96. The summed E-state index contributed by atoms with van der Waals surface area (Å²) < 4.78 is 22.9. The van der Waals surface area contributed by atoms with Gasteiger partial charge < -0.3 is 9.05 Å². The molecule has 82 valence electrons. The van der Waals surface area contributed by atoms with E-state index in [1.165, 1.54) is 0 Å². The Kier molecular flexibility index (Phi) is 3.25. The molecule has 1 aliphatic heterocycles. The van der Waals surface area contributed by atoms with E-state index in [1.807, 2.05) is 37.3 Å². The van der Waals surface area contributed by atoms with Crippen LogP contribution >= 0.6 is 7.60 Å². The first kappa shape index (κ1) is 10.9. The SMILES string of the molecule is CC(c1ccccc1)P1(=O)OCCCO1. The van der Waals surface area contributed by atoms with Gasteiger partial charge >= 0.3 is 7.60 Å². The molecule has 0 bridgehead atoms. The van der Waals surface area contributed by atoms with Crippen LogP contribution in [0.5, 0.6) is 0 Å². The highest BCUT2D eigenvalue weighted by Crippen LogP contribution is 2.62. The van der Waals surface area contributed by atoms with Gasteiger partial charge in [0.05, 0.1) is 18.9 Å². The average Bonchev–Trinajstić information content (AvgIpc) is 2.30. The first-order valence-electron chi connectivity index (χ1n) is 5.16. The molecule has 4 heteroatoms. The maximum Gasteiger partial charge on any atom is 0.337 e. The lowest BCUT2D eigenvalue weighted by Crippen LogP contribution is -2.12. The van der Waals surface area contributed by atoms with E-state index >= 15 is 0 Å². The Labute approximate surface area is 89.9 Å². The third-order valence-corrected chi connectivity index (χ3v) is 4.92. The smallest absolute Gasteiger partial charge is 0.308 e. The van der Waals surface area contributed by atoms with Crippen LogP contribution in [0.15, 0.2) is 30.3 Å². The van der Waals surface area contributed by atoms with Crippen molar-refractivity contribution in [1.29, 1.82) is 0 Å². The quantitative estimate of drug-likeness (QED) is 0.725. The van der Waals surface area contributed by atoms with E-state index in [9.17, 15) is 4.57 Å². The normalized spacial score (nSPS) is 22.2. The van der Waals surface area contributed by atoms with Crippen molar-refractivity contribution in [3.63, 3.8) is 0 Å². The van der Waals surface area contributed by atoms with Crippen molar-refractivity contribution >= 4 is 7.60 Å². The van der Waals surface area contributed by atoms with Crippen LogP contribution in [-0.4, -0.2) is 13.2 Å². The fourth-order valence-corrected chi connectivity index (χ4v) is 3.44. The van der Waals surface area contributed by atoms with E-state index in [0.717, 1.165) is 12.0 Å². The molecule has 0 saturated carbocycles. The summed E-state index contributed by atoms with van der Waals surface area (Å²) in [4.78, 5) is 0. The highest BCUT2D eigenvalue weighted by molar-refractivity contribution is 7.54. The van der Waals surface area contributed by atoms with Crippen LogP contribution in [0.4, 0.5) is 0 Å². The molecule has 0 amide bonds. The van der Waals surface area contributed by atoms with Gasteiger partial charge in [-0.2, -0.15) is 0 Å². The van der Waals surface area contributed by atoms with Gasteiger partial charge in [0, 0.05) is 0 Å². The zero-order chi connectivity index (χ0) is 10.7. The molecule has 1 aromatic rings.